The molecule has 0 aromatic carbocycles. The molecule has 2 heterocycles. The van der Waals surface area contributed by atoms with Crippen LogP contribution in [0.25, 0.3) is 0 Å². The van der Waals surface area contributed by atoms with Crippen LogP contribution in [0.15, 0.2) is 0 Å². The summed E-state index contributed by atoms with van der Waals surface area (Å²) in [5.41, 5.74) is 6.18. The zero-order valence-corrected chi connectivity index (χ0v) is 19.0. The molecule has 0 bridgehead atoms. The van der Waals surface area contributed by atoms with E-state index in [1.54, 1.807) is 0 Å². The standard InChI is InChI=1S/C18H36N4O.3ClH/c1-15(2)13-16(19)17(23)20-14-18(7-11-21(3)12-8-18)22-9-5-4-6-10-22;;;/h15-16H,4-14,19H2,1-3H3,(H,20,23);3*1H/t16-;;;/m0.../s1. The minimum absolute atomic E-state index is 0. The Labute approximate surface area is 178 Å². The molecule has 2 rings (SSSR count). The third-order valence-electron chi connectivity index (χ3n) is 5.60. The molecule has 0 unspecified atom stereocenters. The summed E-state index contributed by atoms with van der Waals surface area (Å²) < 4.78 is 0. The van der Waals surface area contributed by atoms with Gasteiger partial charge in [0.05, 0.1) is 6.04 Å². The third kappa shape index (κ3) is 8.07. The highest BCUT2D eigenvalue weighted by atomic mass is 35.5. The van der Waals surface area contributed by atoms with Crippen LogP contribution in [-0.4, -0.2) is 67.1 Å². The molecule has 0 saturated carbocycles. The van der Waals surface area contributed by atoms with Gasteiger partial charge in [-0.2, -0.15) is 0 Å². The van der Waals surface area contributed by atoms with Gasteiger partial charge < -0.3 is 16.0 Å². The number of piperidine rings is 2. The summed E-state index contributed by atoms with van der Waals surface area (Å²) in [5, 5.41) is 3.19. The van der Waals surface area contributed by atoms with Crippen molar-refractivity contribution < 1.29 is 4.79 Å². The Morgan fingerprint density at radius 1 is 1.04 bits per heavy atom. The molecule has 1 amide bonds. The molecule has 26 heavy (non-hydrogen) atoms. The number of nitrogens with one attached hydrogen (secondary N) is 1. The van der Waals surface area contributed by atoms with E-state index in [4.69, 9.17) is 5.73 Å². The first-order valence-electron chi connectivity index (χ1n) is 9.40. The molecule has 2 aliphatic rings. The molecule has 5 nitrogen and oxygen atoms in total. The molecule has 0 aliphatic carbocycles. The van der Waals surface area contributed by atoms with Crippen molar-refractivity contribution in [1.82, 2.24) is 15.1 Å². The Morgan fingerprint density at radius 2 is 1.58 bits per heavy atom. The number of amides is 1. The number of nitrogens with zero attached hydrogens (tertiary/aromatic N) is 2. The third-order valence-corrected chi connectivity index (χ3v) is 5.60. The summed E-state index contributed by atoms with van der Waals surface area (Å²) in [5.74, 6) is 0.476. The summed E-state index contributed by atoms with van der Waals surface area (Å²) in [6, 6.07) is -0.375. The van der Waals surface area contributed by atoms with Crippen LogP contribution in [0.3, 0.4) is 0 Å². The van der Waals surface area contributed by atoms with Crippen molar-refractivity contribution >= 4 is 43.1 Å². The minimum Gasteiger partial charge on any atom is -0.353 e. The average molecular weight is 434 g/mol. The highest BCUT2D eigenvalue weighted by Gasteiger charge is 2.40. The van der Waals surface area contributed by atoms with Crippen molar-refractivity contribution in [1.29, 1.82) is 0 Å². The first-order chi connectivity index (χ1) is 10.9. The smallest absolute Gasteiger partial charge is 0.236 e. The maximum Gasteiger partial charge on any atom is 0.236 e. The van der Waals surface area contributed by atoms with Crippen molar-refractivity contribution in [3.8, 4) is 0 Å². The lowest BCUT2D eigenvalue weighted by molar-refractivity contribution is -0.123. The van der Waals surface area contributed by atoms with E-state index >= 15 is 0 Å². The fraction of sp³-hybridized carbons (Fsp3) is 0.944. The second-order valence-corrected chi connectivity index (χ2v) is 8.03. The number of nitrogens with two attached hydrogens (primary N) is 1. The van der Waals surface area contributed by atoms with Crippen molar-refractivity contribution in [3.05, 3.63) is 0 Å². The fourth-order valence-corrected chi connectivity index (χ4v) is 4.01. The monoisotopic (exact) mass is 432 g/mol. The maximum atomic E-state index is 12.3. The van der Waals surface area contributed by atoms with Gasteiger partial charge in [-0.3, -0.25) is 9.69 Å². The number of carbonyl (C=O) groups is 1. The number of hydrogen-bond donors (Lipinski definition) is 2. The van der Waals surface area contributed by atoms with Gasteiger partial charge >= 0.3 is 0 Å². The zero-order chi connectivity index (χ0) is 16.9. The van der Waals surface area contributed by atoms with Crippen LogP contribution in [0.2, 0.25) is 0 Å². The molecule has 0 aromatic rings. The molecule has 0 aromatic heterocycles. The van der Waals surface area contributed by atoms with E-state index < -0.39 is 0 Å². The second kappa shape index (κ2) is 13.4. The van der Waals surface area contributed by atoms with Gasteiger partial charge in [0, 0.05) is 12.1 Å². The molecular formula is C18H39Cl3N4O. The molecule has 1 atom stereocenters. The van der Waals surface area contributed by atoms with Crippen molar-refractivity contribution in [3.63, 3.8) is 0 Å². The molecule has 2 saturated heterocycles. The normalized spacial score (nSPS) is 21.7. The zero-order valence-electron chi connectivity index (χ0n) is 16.5. The molecular weight excluding hydrogens is 395 g/mol. The van der Waals surface area contributed by atoms with Crippen LogP contribution >= 0.6 is 37.2 Å². The molecule has 2 fully saturated rings. The average Bonchev–Trinajstić information content (AvgIpc) is 2.54. The van der Waals surface area contributed by atoms with Crippen LogP contribution < -0.4 is 11.1 Å². The Morgan fingerprint density at radius 3 is 2.08 bits per heavy atom. The van der Waals surface area contributed by atoms with E-state index in [1.807, 2.05) is 0 Å². The quantitative estimate of drug-likeness (QED) is 0.676. The van der Waals surface area contributed by atoms with Crippen LogP contribution in [0.4, 0.5) is 0 Å². The van der Waals surface area contributed by atoms with E-state index in [0.29, 0.717) is 5.92 Å². The van der Waals surface area contributed by atoms with E-state index in [9.17, 15) is 4.79 Å². The number of likely N-dealkylation sites (tertiary alicyclic amines) is 2. The number of carbonyl (C=O) groups excluding carboxylic acids is 1. The molecule has 0 radical (unpaired) electrons. The lowest BCUT2D eigenvalue weighted by Gasteiger charge is -2.50. The lowest BCUT2D eigenvalue weighted by atomic mass is 9.84. The maximum absolute atomic E-state index is 12.3. The van der Waals surface area contributed by atoms with Gasteiger partial charge in [-0.1, -0.05) is 20.3 Å². The summed E-state index contributed by atoms with van der Waals surface area (Å²) in [4.78, 5) is 17.4. The van der Waals surface area contributed by atoms with Gasteiger partial charge in [-0.25, -0.2) is 0 Å². The van der Waals surface area contributed by atoms with Crippen molar-refractivity contribution in [2.24, 2.45) is 11.7 Å². The van der Waals surface area contributed by atoms with Gasteiger partial charge in [0.2, 0.25) is 5.91 Å². The van der Waals surface area contributed by atoms with E-state index in [2.05, 4.69) is 36.0 Å². The summed E-state index contributed by atoms with van der Waals surface area (Å²) in [6.45, 7) is 9.56. The molecule has 3 N–H and O–H groups in total. The first-order valence-corrected chi connectivity index (χ1v) is 9.40. The predicted molar refractivity (Wildman–Crippen MR) is 117 cm³/mol. The Kier molecular flexibility index (Phi) is 14.7. The van der Waals surface area contributed by atoms with E-state index in [0.717, 1.165) is 38.9 Å². The fourth-order valence-electron chi connectivity index (χ4n) is 4.01. The topological polar surface area (TPSA) is 61.6 Å². The molecule has 158 valence electrons. The van der Waals surface area contributed by atoms with Crippen molar-refractivity contribution in [2.45, 2.75) is 64.0 Å². The minimum atomic E-state index is -0.375. The van der Waals surface area contributed by atoms with Crippen LogP contribution in [0.5, 0.6) is 0 Å². The Hall–Kier alpha value is 0.220. The highest BCUT2D eigenvalue weighted by Crippen LogP contribution is 2.30. The van der Waals surface area contributed by atoms with Crippen LogP contribution in [0, 0.1) is 5.92 Å². The number of hydrogen-bond acceptors (Lipinski definition) is 4. The van der Waals surface area contributed by atoms with Crippen molar-refractivity contribution in [2.75, 3.05) is 39.8 Å². The Balaban J connectivity index is 0. The number of halogens is 3. The molecule has 0 spiro atoms. The van der Waals surface area contributed by atoms with E-state index in [-0.39, 0.29) is 54.7 Å². The lowest BCUT2D eigenvalue weighted by Crippen LogP contribution is -2.62. The van der Waals surface area contributed by atoms with E-state index in [1.165, 1.54) is 32.4 Å². The van der Waals surface area contributed by atoms with Gasteiger partial charge in [-0.15, -0.1) is 37.2 Å². The van der Waals surface area contributed by atoms with Gasteiger partial charge in [0.25, 0.3) is 0 Å². The largest absolute Gasteiger partial charge is 0.353 e. The Bertz CT molecular complexity index is 385. The van der Waals surface area contributed by atoms with Gasteiger partial charge in [0.1, 0.15) is 0 Å². The second-order valence-electron chi connectivity index (χ2n) is 8.03. The highest BCUT2D eigenvalue weighted by molar-refractivity contribution is 5.86. The van der Waals surface area contributed by atoms with Crippen LogP contribution in [-0.2, 0) is 4.79 Å². The predicted octanol–water partition coefficient (Wildman–Crippen LogP) is 2.69. The molecule has 8 heteroatoms. The number of rotatable bonds is 6. The van der Waals surface area contributed by atoms with Gasteiger partial charge in [0.15, 0.2) is 0 Å². The molecule has 2 aliphatic heterocycles. The van der Waals surface area contributed by atoms with Crippen LogP contribution in [0.1, 0.15) is 52.4 Å². The summed E-state index contributed by atoms with van der Waals surface area (Å²) >= 11 is 0. The SMILES string of the molecule is CC(C)C[C@H](N)C(=O)NCC1(N2CCCCC2)CCN(C)CC1.Cl.Cl.Cl. The van der Waals surface area contributed by atoms with Gasteiger partial charge in [-0.05, 0) is 71.2 Å². The summed E-state index contributed by atoms with van der Waals surface area (Å²) in [7, 11) is 2.19. The summed E-state index contributed by atoms with van der Waals surface area (Å²) in [6.07, 6.45) is 6.96. The first kappa shape index (κ1) is 28.4.